The van der Waals surface area contributed by atoms with Gasteiger partial charge in [-0.1, -0.05) is 36.4 Å². The van der Waals surface area contributed by atoms with Crippen molar-refractivity contribution in [1.82, 2.24) is 15.0 Å². The number of aromatic amines is 1. The molecule has 3 aromatic rings. The van der Waals surface area contributed by atoms with Gasteiger partial charge in [-0.2, -0.15) is 0 Å². The van der Waals surface area contributed by atoms with Crippen molar-refractivity contribution in [3.8, 4) is 0 Å². The molecule has 1 atom stereocenters. The average molecular weight is 361 g/mol. The second kappa shape index (κ2) is 7.23. The first kappa shape index (κ1) is 16.8. The predicted octanol–water partition coefficient (Wildman–Crippen LogP) is 4.43. The maximum Gasteiger partial charge on any atom is 0.237 e. The molecular formula is C17H17ClN4OS. The second-order valence-corrected chi connectivity index (χ2v) is 7.03. The fourth-order valence-electron chi connectivity index (χ4n) is 2.29. The van der Waals surface area contributed by atoms with E-state index in [2.05, 4.69) is 20.3 Å². The number of amides is 1. The Hall–Kier alpha value is -2.05. The van der Waals surface area contributed by atoms with Crippen molar-refractivity contribution in [2.24, 2.45) is 0 Å². The first-order valence-corrected chi connectivity index (χ1v) is 8.86. The Balaban J connectivity index is 1.75. The average Bonchev–Trinajstić information content (AvgIpc) is 2.98. The number of aryl methyl sites for hydroxylation is 1. The fraction of sp³-hybridized carbons (Fsp3) is 0.235. The van der Waals surface area contributed by atoms with Crippen LogP contribution < -0.4 is 5.32 Å². The Morgan fingerprint density at radius 1 is 1.42 bits per heavy atom. The molecule has 1 amide bonds. The molecule has 124 valence electrons. The zero-order chi connectivity index (χ0) is 17.1. The lowest BCUT2D eigenvalue weighted by Gasteiger charge is -2.15. The third kappa shape index (κ3) is 3.71. The summed E-state index contributed by atoms with van der Waals surface area (Å²) in [7, 11) is 0. The molecule has 0 radical (unpaired) electrons. The molecule has 2 heterocycles. The van der Waals surface area contributed by atoms with Crippen LogP contribution in [0.15, 0.2) is 41.8 Å². The highest BCUT2D eigenvalue weighted by molar-refractivity contribution is 8.00. The Labute approximate surface area is 149 Å². The van der Waals surface area contributed by atoms with Gasteiger partial charge in [0.2, 0.25) is 5.91 Å². The molecule has 7 heteroatoms. The van der Waals surface area contributed by atoms with Crippen LogP contribution in [0.4, 0.5) is 5.69 Å². The molecule has 0 fully saturated rings. The molecule has 0 aliphatic carbocycles. The van der Waals surface area contributed by atoms with Gasteiger partial charge in [0.15, 0.2) is 5.16 Å². The van der Waals surface area contributed by atoms with Crippen LogP contribution in [0.5, 0.6) is 0 Å². The number of carbonyl (C=O) groups excluding carboxylic acids is 1. The van der Waals surface area contributed by atoms with E-state index in [1.165, 1.54) is 11.8 Å². The minimum absolute atomic E-state index is 0.0635. The number of benzene rings is 1. The molecular weight excluding hydrogens is 344 g/mol. The van der Waals surface area contributed by atoms with Gasteiger partial charge in [-0.25, -0.2) is 4.98 Å². The van der Waals surface area contributed by atoms with Crippen LogP contribution in [0.2, 0.25) is 5.02 Å². The largest absolute Gasteiger partial charge is 0.332 e. The Bertz CT molecular complexity index is 847. The van der Waals surface area contributed by atoms with E-state index in [4.69, 9.17) is 11.6 Å². The van der Waals surface area contributed by atoms with E-state index in [-0.39, 0.29) is 11.2 Å². The summed E-state index contributed by atoms with van der Waals surface area (Å²) in [6.45, 7) is 3.92. The van der Waals surface area contributed by atoms with E-state index in [0.717, 1.165) is 22.3 Å². The normalized spacial score (nSPS) is 12.3. The molecule has 0 aliphatic heterocycles. The van der Waals surface area contributed by atoms with Crippen molar-refractivity contribution in [2.45, 2.75) is 30.7 Å². The fourth-order valence-corrected chi connectivity index (χ4v) is 3.38. The summed E-state index contributed by atoms with van der Waals surface area (Å²) in [5.41, 5.74) is 3.41. The molecule has 2 aromatic heterocycles. The number of H-pyrrole nitrogens is 1. The molecule has 0 spiro atoms. The van der Waals surface area contributed by atoms with Gasteiger partial charge in [0.05, 0.1) is 22.5 Å². The van der Waals surface area contributed by atoms with Crippen LogP contribution in [0.25, 0.3) is 11.0 Å². The van der Waals surface area contributed by atoms with E-state index in [0.29, 0.717) is 16.6 Å². The summed E-state index contributed by atoms with van der Waals surface area (Å²) in [5, 5.41) is 4.01. The topological polar surface area (TPSA) is 70.7 Å². The lowest BCUT2D eigenvalue weighted by atomic mass is 10.2. The summed E-state index contributed by atoms with van der Waals surface area (Å²) in [4.78, 5) is 24.3. The Kier molecular flexibility index (Phi) is 5.06. The summed E-state index contributed by atoms with van der Waals surface area (Å²) < 4.78 is 0. The molecule has 5 nitrogen and oxygen atoms in total. The van der Waals surface area contributed by atoms with Crippen LogP contribution in [0, 0.1) is 6.92 Å². The highest BCUT2D eigenvalue weighted by Crippen LogP contribution is 2.27. The van der Waals surface area contributed by atoms with Crippen LogP contribution in [-0.2, 0) is 4.79 Å². The van der Waals surface area contributed by atoms with E-state index < -0.39 is 0 Å². The number of nitrogens with one attached hydrogen (secondary N) is 2. The Morgan fingerprint density at radius 3 is 3.00 bits per heavy atom. The monoisotopic (exact) mass is 360 g/mol. The van der Waals surface area contributed by atoms with Gasteiger partial charge in [-0.05, 0) is 37.1 Å². The summed E-state index contributed by atoms with van der Waals surface area (Å²) >= 11 is 7.42. The van der Waals surface area contributed by atoms with Crippen molar-refractivity contribution in [1.29, 1.82) is 0 Å². The van der Waals surface area contributed by atoms with Gasteiger partial charge in [-0.15, -0.1) is 0 Å². The molecule has 3 rings (SSSR count). The third-order valence-electron chi connectivity index (χ3n) is 3.64. The zero-order valence-electron chi connectivity index (χ0n) is 13.3. The minimum atomic E-state index is -0.253. The van der Waals surface area contributed by atoms with Gasteiger partial charge >= 0.3 is 0 Å². The van der Waals surface area contributed by atoms with Gasteiger partial charge in [-0.3, -0.25) is 9.78 Å². The molecule has 0 saturated heterocycles. The van der Waals surface area contributed by atoms with Gasteiger partial charge in [0, 0.05) is 16.9 Å². The summed E-state index contributed by atoms with van der Waals surface area (Å²) in [6.07, 6.45) is 4.11. The number of carbonyl (C=O) groups is 1. The van der Waals surface area contributed by atoms with Gasteiger partial charge in [0.1, 0.15) is 0 Å². The molecule has 0 aliphatic rings. The maximum absolute atomic E-state index is 12.6. The number of pyridine rings is 1. The number of anilines is 1. The molecule has 24 heavy (non-hydrogen) atoms. The Morgan fingerprint density at radius 2 is 2.25 bits per heavy atom. The number of thioether (sulfide) groups is 1. The maximum atomic E-state index is 12.6. The zero-order valence-corrected chi connectivity index (χ0v) is 14.9. The smallest absolute Gasteiger partial charge is 0.237 e. The van der Waals surface area contributed by atoms with Crippen LogP contribution in [-0.4, -0.2) is 26.1 Å². The summed E-state index contributed by atoms with van der Waals surface area (Å²) in [5.74, 6) is -0.0635. The highest BCUT2D eigenvalue weighted by Gasteiger charge is 2.20. The standard InChI is InChI=1S/C17H17ClN4OS/c1-3-15(16(23)20-13-8-11(18)5-4-10(13)2)24-17-21-12-6-7-19-9-14(12)22-17/h4-9,15H,3H2,1-2H3,(H,20,23)(H,21,22)/t15-/m1/s1. The molecule has 1 aromatic carbocycles. The number of halogens is 1. The van der Waals surface area contributed by atoms with Gasteiger partial charge < -0.3 is 10.3 Å². The number of imidazole rings is 1. The van der Waals surface area contributed by atoms with E-state index in [9.17, 15) is 4.79 Å². The number of nitrogens with zero attached hydrogens (tertiary/aromatic N) is 2. The number of hydrogen-bond donors (Lipinski definition) is 2. The minimum Gasteiger partial charge on any atom is -0.332 e. The lowest BCUT2D eigenvalue weighted by molar-refractivity contribution is -0.115. The molecule has 0 unspecified atom stereocenters. The van der Waals surface area contributed by atoms with Crippen molar-refractivity contribution in [2.75, 3.05) is 5.32 Å². The summed E-state index contributed by atoms with van der Waals surface area (Å²) in [6, 6.07) is 7.30. The quantitative estimate of drug-likeness (QED) is 0.660. The van der Waals surface area contributed by atoms with Crippen molar-refractivity contribution in [3.05, 3.63) is 47.2 Å². The van der Waals surface area contributed by atoms with Crippen LogP contribution in [0.1, 0.15) is 18.9 Å². The van der Waals surface area contributed by atoms with Crippen LogP contribution >= 0.6 is 23.4 Å². The third-order valence-corrected chi connectivity index (χ3v) is 5.12. The van der Waals surface area contributed by atoms with Crippen molar-refractivity contribution >= 4 is 46.0 Å². The molecule has 0 saturated carbocycles. The number of rotatable bonds is 5. The second-order valence-electron chi connectivity index (χ2n) is 5.40. The first-order chi connectivity index (χ1) is 11.6. The van der Waals surface area contributed by atoms with Crippen molar-refractivity contribution in [3.63, 3.8) is 0 Å². The van der Waals surface area contributed by atoms with Gasteiger partial charge in [0.25, 0.3) is 0 Å². The number of aromatic nitrogens is 3. The highest BCUT2D eigenvalue weighted by atomic mass is 35.5. The predicted molar refractivity (Wildman–Crippen MR) is 98.6 cm³/mol. The lowest BCUT2D eigenvalue weighted by Crippen LogP contribution is -2.25. The van der Waals surface area contributed by atoms with Crippen molar-refractivity contribution < 1.29 is 4.79 Å². The SMILES string of the molecule is CC[C@@H](Sc1nc2ccncc2[nH]1)C(=O)Nc1cc(Cl)ccc1C. The number of hydrogen-bond acceptors (Lipinski definition) is 4. The molecule has 0 bridgehead atoms. The molecule has 2 N–H and O–H groups in total. The van der Waals surface area contributed by atoms with E-state index >= 15 is 0 Å². The first-order valence-electron chi connectivity index (χ1n) is 7.60. The number of fused-ring (bicyclic) bond motifs is 1. The van der Waals surface area contributed by atoms with E-state index in [1.807, 2.05) is 26.0 Å². The van der Waals surface area contributed by atoms with E-state index in [1.54, 1.807) is 24.5 Å². The van der Waals surface area contributed by atoms with Crippen LogP contribution in [0.3, 0.4) is 0 Å².